The minimum absolute atomic E-state index is 0. The van der Waals surface area contributed by atoms with Gasteiger partial charge in [-0.3, -0.25) is 0 Å². The molecule has 0 aromatic heterocycles. The monoisotopic (exact) mass is 510 g/mol. The Hall–Kier alpha value is -1.53. The number of hydrogen-bond donors (Lipinski definition) is 0. The van der Waals surface area contributed by atoms with Crippen LogP contribution in [0.25, 0.3) is 11.1 Å². The van der Waals surface area contributed by atoms with Crippen molar-refractivity contribution >= 4 is 75.0 Å². The minimum Gasteiger partial charge on any atom is -0.147 e. The summed E-state index contributed by atoms with van der Waals surface area (Å²) in [6, 6.07) is 40.5. The normalized spacial score (nSPS) is 9.53. The van der Waals surface area contributed by atoms with E-state index in [1.165, 1.54) is 11.1 Å². The zero-order valence-electron chi connectivity index (χ0n) is 15.6. The van der Waals surface area contributed by atoms with Crippen LogP contribution < -0.4 is 10.4 Å². The SMILES string of the molecule is Cl.Cl.Cl[Si](Cl)(c1ccccc1)c1ccccc1.[SiH4].c1ccc(-c2ccccc2)cc1. The van der Waals surface area contributed by atoms with Gasteiger partial charge in [0.1, 0.15) is 0 Å². The molecular formula is C24H26Cl4Si2. The lowest BCUT2D eigenvalue weighted by Gasteiger charge is -2.17. The van der Waals surface area contributed by atoms with Gasteiger partial charge in [0, 0.05) is 0 Å². The van der Waals surface area contributed by atoms with E-state index in [2.05, 4.69) is 48.5 Å². The molecule has 0 atom stereocenters. The van der Waals surface area contributed by atoms with Crippen molar-refractivity contribution in [2.75, 3.05) is 0 Å². The molecule has 0 heterocycles. The van der Waals surface area contributed by atoms with Crippen LogP contribution in [0.5, 0.6) is 0 Å². The fourth-order valence-electron chi connectivity index (χ4n) is 2.72. The topological polar surface area (TPSA) is 0 Å². The summed E-state index contributed by atoms with van der Waals surface area (Å²) in [7, 11) is 0. The lowest BCUT2D eigenvalue weighted by Crippen LogP contribution is -2.48. The summed E-state index contributed by atoms with van der Waals surface area (Å²) >= 11 is 13.0. The Labute approximate surface area is 206 Å². The van der Waals surface area contributed by atoms with Crippen LogP contribution in [0.4, 0.5) is 0 Å². The molecule has 4 aromatic rings. The third-order valence-electron chi connectivity index (χ3n) is 4.15. The van der Waals surface area contributed by atoms with Crippen molar-refractivity contribution in [3.8, 4) is 11.1 Å². The molecule has 0 aliphatic heterocycles. The first-order valence-corrected chi connectivity index (χ1v) is 12.8. The van der Waals surface area contributed by atoms with E-state index in [9.17, 15) is 0 Å². The fourth-order valence-corrected chi connectivity index (χ4v) is 5.79. The highest BCUT2D eigenvalue weighted by Gasteiger charge is 2.32. The Balaban J connectivity index is 0.000000519. The second-order valence-corrected chi connectivity index (χ2v) is 12.3. The van der Waals surface area contributed by atoms with Gasteiger partial charge in [0.15, 0.2) is 0 Å². The van der Waals surface area contributed by atoms with Gasteiger partial charge < -0.3 is 0 Å². The van der Waals surface area contributed by atoms with E-state index in [1.54, 1.807) is 0 Å². The first kappa shape index (κ1) is 28.5. The van der Waals surface area contributed by atoms with Gasteiger partial charge in [0.2, 0.25) is 0 Å². The lowest BCUT2D eigenvalue weighted by atomic mass is 10.1. The number of halogens is 4. The molecule has 0 bridgehead atoms. The van der Waals surface area contributed by atoms with E-state index in [0.29, 0.717) is 0 Å². The van der Waals surface area contributed by atoms with Gasteiger partial charge in [0.25, 0.3) is 0 Å². The average Bonchev–Trinajstić information content (AvgIpc) is 2.77. The van der Waals surface area contributed by atoms with Crippen LogP contribution in [0.15, 0.2) is 121 Å². The van der Waals surface area contributed by atoms with Crippen molar-refractivity contribution in [3.05, 3.63) is 121 Å². The third-order valence-corrected chi connectivity index (χ3v) is 8.89. The lowest BCUT2D eigenvalue weighted by molar-refractivity contribution is 1.62. The molecular weight excluding hydrogens is 486 g/mol. The van der Waals surface area contributed by atoms with Crippen LogP contribution in [-0.2, 0) is 0 Å². The maximum atomic E-state index is 6.49. The van der Waals surface area contributed by atoms with Gasteiger partial charge in [-0.15, -0.1) is 47.0 Å². The highest BCUT2D eigenvalue weighted by Crippen LogP contribution is 2.17. The van der Waals surface area contributed by atoms with Crippen LogP contribution in [0.3, 0.4) is 0 Å². The summed E-state index contributed by atoms with van der Waals surface area (Å²) in [5.41, 5.74) is 2.55. The maximum absolute atomic E-state index is 6.49. The Kier molecular flexibility index (Phi) is 13.7. The first-order valence-electron chi connectivity index (χ1n) is 8.77. The summed E-state index contributed by atoms with van der Waals surface area (Å²) in [5, 5.41) is 2.05. The zero-order valence-corrected chi connectivity index (χ0v) is 19.8. The maximum Gasteiger partial charge on any atom is 0.310 e. The van der Waals surface area contributed by atoms with E-state index >= 15 is 0 Å². The molecule has 0 aliphatic rings. The second-order valence-electron chi connectivity index (χ2n) is 6.04. The fraction of sp³-hybridized carbons (Fsp3) is 0. The Morgan fingerprint density at radius 1 is 0.400 bits per heavy atom. The van der Waals surface area contributed by atoms with Gasteiger partial charge in [-0.05, 0) is 32.5 Å². The summed E-state index contributed by atoms with van der Waals surface area (Å²) in [6.45, 7) is -2.51. The van der Waals surface area contributed by atoms with Crippen molar-refractivity contribution in [1.29, 1.82) is 0 Å². The zero-order chi connectivity index (χ0) is 19.0. The Morgan fingerprint density at radius 3 is 0.900 bits per heavy atom. The molecule has 0 amide bonds. The highest BCUT2D eigenvalue weighted by molar-refractivity contribution is 7.56. The molecule has 6 heteroatoms. The van der Waals surface area contributed by atoms with Crippen LogP contribution >= 0.6 is 47.0 Å². The first-order chi connectivity index (χ1) is 13.2. The van der Waals surface area contributed by atoms with Crippen molar-refractivity contribution < 1.29 is 0 Å². The standard InChI is InChI=1S/C12H10Cl2Si.C12H10.2ClH.H4Si/c13-15(14,11-7-3-1-4-8-11)12-9-5-2-6-10-12;1-3-7-11(8-4-1)12-9-5-2-6-10-12;;;/h1-10H;1-10H;2*1H;1H4. The molecule has 0 N–H and O–H groups in total. The van der Waals surface area contributed by atoms with Gasteiger partial charge in [-0.2, -0.15) is 0 Å². The van der Waals surface area contributed by atoms with E-state index in [1.807, 2.05) is 72.8 Å². The van der Waals surface area contributed by atoms with Crippen LogP contribution in [0.2, 0.25) is 0 Å². The van der Waals surface area contributed by atoms with E-state index in [4.69, 9.17) is 22.2 Å². The Morgan fingerprint density at radius 2 is 0.633 bits per heavy atom. The molecule has 0 unspecified atom stereocenters. The third kappa shape index (κ3) is 7.95. The van der Waals surface area contributed by atoms with Gasteiger partial charge >= 0.3 is 6.69 Å². The number of rotatable bonds is 3. The number of benzene rings is 4. The quantitative estimate of drug-likeness (QED) is 0.253. The molecule has 4 aromatic carbocycles. The summed E-state index contributed by atoms with van der Waals surface area (Å²) in [4.78, 5) is 0. The molecule has 0 nitrogen and oxygen atoms in total. The molecule has 0 aliphatic carbocycles. The van der Waals surface area contributed by atoms with Crippen LogP contribution in [0.1, 0.15) is 0 Å². The Bertz CT molecular complexity index is 857. The molecule has 30 heavy (non-hydrogen) atoms. The molecule has 0 spiro atoms. The van der Waals surface area contributed by atoms with Gasteiger partial charge in [-0.1, -0.05) is 121 Å². The average molecular weight is 512 g/mol. The number of hydrogen-bond acceptors (Lipinski definition) is 0. The van der Waals surface area contributed by atoms with Crippen molar-refractivity contribution in [3.63, 3.8) is 0 Å². The molecule has 0 saturated carbocycles. The predicted molar refractivity (Wildman–Crippen MR) is 147 cm³/mol. The molecule has 158 valence electrons. The van der Waals surface area contributed by atoms with Crippen LogP contribution in [0, 0.1) is 0 Å². The molecule has 0 radical (unpaired) electrons. The molecule has 4 rings (SSSR count). The van der Waals surface area contributed by atoms with Crippen molar-refractivity contribution in [2.24, 2.45) is 0 Å². The van der Waals surface area contributed by atoms with Gasteiger partial charge in [-0.25, -0.2) is 0 Å². The molecule has 0 saturated heterocycles. The highest BCUT2D eigenvalue weighted by atomic mass is 35.7. The molecule has 0 fully saturated rings. The summed E-state index contributed by atoms with van der Waals surface area (Å²) < 4.78 is 0. The van der Waals surface area contributed by atoms with Crippen molar-refractivity contribution in [2.45, 2.75) is 0 Å². The smallest absolute Gasteiger partial charge is 0.147 e. The van der Waals surface area contributed by atoms with E-state index < -0.39 is 6.69 Å². The van der Waals surface area contributed by atoms with Gasteiger partial charge in [0.05, 0.1) is 0 Å². The minimum atomic E-state index is -2.51. The second kappa shape index (κ2) is 14.5. The van der Waals surface area contributed by atoms with E-state index in [0.717, 1.165) is 10.4 Å². The van der Waals surface area contributed by atoms with Crippen LogP contribution in [-0.4, -0.2) is 17.7 Å². The largest absolute Gasteiger partial charge is 0.310 e. The predicted octanol–water partition coefficient (Wildman–Crippen LogP) is 5.47. The summed E-state index contributed by atoms with van der Waals surface area (Å²) in [6.07, 6.45) is 0. The van der Waals surface area contributed by atoms with E-state index in [-0.39, 0.29) is 35.8 Å². The summed E-state index contributed by atoms with van der Waals surface area (Å²) in [5.74, 6) is 0. The van der Waals surface area contributed by atoms with Crippen molar-refractivity contribution in [1.82, 2.24) is 0 Å².